The van der Waals surface area contributed by atoms with Crippen LogP contribution in [0.3, 0.4) is 0 Å². The van der Waals surface area contributed by atoms with Crippen molar-refractivity contribution in [1.82, 2.24) is 4.90 Å². The lowest BCUT2D eigenvalue weighted by atomic mass is 9.98. The number of carbonyl (C=O) groups excluding carboxylic acids is 1. The van der Waals surface area contributed by atoms with Crippen LogP contribution in [-0.2, 0) is 6.54 Å². The van der Waals surface area contributed by atoms with Gasteiger partial charge >= 0.3 is 0 Å². The van der Waals surface area contributed by atoms with E-state index in [4.69, 9.17) is 11.6 Å². The first-order valence-corrected chi connectivity index (χ1v) is 7.83. The summed E-state index contributed by atoms with van der Waals surface area (Å²) in [5, 5.41) is 0.0295. The van der Waals surface area contributed by atoms with Crippen LogP contribution in [0.4, 0.5) is 4.39 Å². The molecule has 0 bridgehead atoms. The number of rotatable bonds is 4. The zero-order valence-electron chi connectivity index (χ0n) is 12.2. The van der Waals surface area contributed by atoms with E-state index in [1.807, 2.05) is 18.2 Å². The molecule has 2 aromatic rings. The summed E-state index contributed by atoms with van der Waals surface area (Å²) >= 11 is 5.68. The Bertz CT molecular complexity index is 695. The second-order valence-corrected chi connectivity index (χ2v) is 6.01. The van der Waals surface area contributed by atoms with Gasteiger partial charge in [0, 0.05) is 17.7 Å². The number of nitrogens with zero attached hydrogens (tertiary/aromatic N) is 1. The quantitative estimate of drug-likeness (QED) is 0.783. The Morgan fingerprint density at radius 1 is 1.14 bits per heavy atom. The Hall–Kier alpha value is -1.71. The molecule has 2 nitrogen and oxygen atoms in total. The van der Waals surface area contributed by atoms with Gasteiger partial charge in [-0.1, -0.05) is 35.9 Å². The van der Waals surface area contributed by atoms with Crippen LogP contribution in [0.5, 0.6) is 0 Å². The van der Waals surface area contributed by atoms with Gasteiger partial charge in [0.15, 0.2) is 5.78 Å². The van der Waals surface area contributed by atoms with E-state index in [0.29, 0.717) is 11.1 Å². The molecule has 0 unspecified atom stereocenters. The van der Waals surface area contributed by atoms with Gasteiger partial charge in [-0.15, -0.1) is 0 Å². The van der Waals surface area contributed by atoms with Gasteiger partial charge in [0.05, 0.1) is 5.02 Å². The highest BCUT2D eigenvalue weighted by atomic mass is 35.5. The highest BCUT2D eigenvalue weighted by Crippen LogP contribution is 2.21. The Kier molecular flexibility index (Phi) is 4.55. The van der Waals surface area contributed by atoms with Gasteiger partial charge in [-0.05, 0) is 49.7 Å². The van der Waals surface area contributed by atoms with Crippen LogP contribution in [0, 0.1) is 5.82 Å². The van der Waals surface area contributed by atoms with Gasteiger partial charge in [0.2, 0.25) is 0 Å². The fourth-order valence-electron chi connectivity index (χ4n) is 2.85. The third kappa shape index (κ3) is 3.21. The van der Waals surface area contributed by atoms with Crippen molar-refractivity contribution in [2.45, 2.75) is 19.4 Å². The molecule has 0 N–H and O–H groups in total. The first-order valence-electron chi connectivity index (χ1n) is 7.45. The molecular weight excluding hydrogens is 301 g/mol. The number of likely N-dealkylation sites (tertiary alicyclic amines) is 1. The van der Waals surface area contributed by atoms with E-state index in [9.17, 15) is 9.18 Å². The maximum absolute atomic E-state index is 13.6. The van der Waals surface area contributed by atoms with Crippen LogP contribution in [0.1, 0.15) is 34.3 Å². The van der Waals surface area contributed by atoms with Crippen LogP contribution in [0.2, 0.25) is 5.02 Å². The predicted octanol–water partition coefficient (Wildman–Crippen LogP) is 4.31. The minimum Gasteiger partial charge on any atom is -0.299 e. The lowest BCUT2D eigenvalue weighted by Gasteiger charge is -2.17. The van der Waals surface area contributed by atoms with Crippen molar-refractivity contribution in [3.05, 3.63) is 70.0 Å². The van der Waals surface area contributed by atoms with Gasteiger partial charge in [-0.2, -0.15) is 0 Å². The van der Waals surface area contributed by atoms with Gasteiger partial charge in [0.1, 0.15) is 5.82 Å². The maximum atomic E-state index is 13.6. The zero-order valence-corrected chi connectivity index (χ0v) is 12.9. The maximum Gasteiger partial charge on any atom is 0.193 e. The minimum atomic E-state index is -0.565. The van der Waals surface area contributed by atoms with E-state index in [-0.39, 0.29) is 10.8 Å². The Morgan fingerprint density at radius 3 is 2.59 bits per heavy atom. The summed E-state index contributed by atoms with van der Waals surface area (Å²) in [5.41, 5.74) is 1.96. The molecule has 4 heteroatoms. The summed E-state index contributed by atoms with van der Waals surface area (Å²) in [6.45, 7) is 2.90. The molecule has 0 atom stereocenters. The first kappa shape index (κ1) is 15.2. The monoisotopic (exact) mass is 317 g/mol. The lowest BCUT2D eigenvalue weighted by Crippen LogP contribution is -2.20. The summed E-state index contributed by atoms with van der Waals surface area (Å²) in [6, 6.07) is 11.8. The average Bonchev–Trinajstić information content (AvgIpc) is 3.03. The van der Waals surface area contributed by atoms with Gasteiger partial charge < -0.3 is 0 Å². The Morgan fingerprint density at radius 2 is 1.86 bits per heavy atom. The molecule has 0 aromatic heterocycles. The van der Waals surface area contributed by atoms with Crippen LogP contribution in [-0.4, -0.2) is 23.8 Å². The van der Waals surface area contributed by atoms with Crippen molar-refractivity contribution >= 4 is 17.4 Å². The molecule has 0 amide bonds. The number of hydrogen-bond donors (Lipinski definition) is 0. The second-order valence-electron chi connectivity index (χ2n) is 5.60. The van der Waals surface area contributed by atoms with Crippen LogP contribution in [0.25, 0.3) is 0 Å². The van der Waals surface area contributed by atoms with Crippen molar-refractivity contribution in [1.29, 1.82) is 0 Å². The molecule has 114 valence electrons. The summed E-state index contributed by atoms with van der Waals surface area (Å²) in [7, 11) is 0. The van der Waals surface area contributed by atoms with Crippen molar-refractivity contribution in [3.63, 3.8) is 0 Å². The smallest absolute Gasteiger partial charge is 0.193 e. The summed E-state index contributed by atoms with van der Waals surface area (Å²) < 4.78 is 13.6. The average molecular weight is 318 g/mol. The third-order valence-electron chi connectivity index (χ3n) is 4.04. The molecule has 0 aliphatic carbocycles. The second kappa shape index (κ2) is 6.59. The number of ketones is 1. The van der Waals surface area contributed by atoms with E-state index < -0.39 is 5.82 Å². The molecule has 2 aromatic carbocycles. The molecule has 1 aliphatic heterocycles. The fraction of sp³-hybridized carbons (Fsp3) is 0.278. The normalized spacial score (nSPS) is 15.2. The number of carbonyl (C=O) groups is 1. The molecule has 0 saturated carbocycles. The molecule has 1 saturated heterocycles. The van der Waals surface area contributed by atoms with Crippen LogP contribution < -0.4 is 0 Å². The predicted molar refractivity (Wildman–Crippen MR) is 85.8 cm³/mol. The largest absolute Gasteiger partial charge is 0.299 e. The fourth-order valence-corrected chi connectivity index (χ4v) is 2.97. The number of halogens is 2. The third-order valence-corrected chi connectivity index (χ3v) is 4.34. The molecule has 3 rings (SSSR count). The number of benzene rings is 2. The van der Waals surface area contributed by atoms with Gasteiger partial charge in [0.25, 0.3) is 0 Å². The lowest BCUT2D eigenvalue weighted by molar-refractivity contribution is 0.103. The molecule has 0 spiro atoms. The SMILES string of the molecule is O=C(c1ccc(Cl)c(F)c1)c1ccccc1CN1CCCC1. The van der Waals surface area contributed by atoms with E-state index >= 15 is 0 Å². The summed E-state index contributed by atoms with van der Waals surface area (Å²) in [4.78, 5) is 15.0. The summed E-state index contributed by atoms with van der Waals surface area (Å²) in [5.74, 6) is -0.727. The van der Waals surface area contributed by atoms with E-state index in [2.05, 4.69) is 4.90 Å². The van der Waals surface area contributed by atoms with E-state index in [1.54, 1.807) is 12.1 Å². The van der Waals surface area contributed by atoms with E-state index in [0.717, 1.165) is 25.2 Å². The molecule has 1 aliphatic rings. The number of hydrogen-bond acceptors (Lipinski definition) is 2. The van der Waals surface area contributed by atoms with Crippen LogP contribution in [0.15, 0.2) is 42.5 Å². The summed E-state index contributed by atoms with van der Waals surface area (Å²) in [6.07, 6.45) is 2.41. The highest BCUT2D eigenvalue weighted by molar-refractivity contribution is 6.30. The van der Waals surface area contributed by atoms with Gasteiger partial charge in [-0.3, -0.25) is 9.69 Å². The molecule has 0 radical (unpaired) electrons. The molecule has 1 heterocycles. The van der Waals surface area contributed by atoms with Crippen molar-refractivity contribution < 1.29 is 9.18 Å². The molecular formula is C18H17ClFNO. The van der Waals surface area contributed by atoms with E-state index in [1.165, 1.54) is 25.0 Å². The Balaban J connectivity index is 1.89. The van der Waals surface area contributed by atoms with Crippen molar-refractivity contribution in [2.24, 2.45) is 0 Å². The van der Waals surface area contributed by atoms with Gasteiger partial charge in [-0.25, -0.2) is 4.39 Å². The van der Waals surface area contributed by atoms with Crippen molar-refractivity contribution in [2.75, 3.05) is 13.1 Å². The van der Waals surface area contributed by atoms with Crippen molar-refractivity contribution in [3.8, 4) is 0 Å². The standard InChI is InChI=1S/C18H17ClFNO/c19-16-8-7-13(11-17(16)20)18(22)15-6-2-1-5-14(15)12-21-9-3-4-10-21/h1-2,5-8,11H,3-4,9-10,12H2. The topological polar surface area (TPSA) is 20.3 Å². The Labute approximate surface area is 134 Å². The highest BCUT2D eigenvalue weighted by Gasteiger charge is 2.18. The zero-order chi connectivity index (χ0) is 15.5. The van der Waals surface area contributed by atoms with Crippen LogP contribution >= 0.6 is 11.6 Å². The molecule has 22 heavy (non-hydrogen) atoms. The molecule has 1 fully saturated rings. The first-order chi connectivity index (χ1) is 10.6. The minimum absolute atomic E-state index is 0.0295.